The monoisotopic (exact) mass is 893 g/mol. The van der Waals surface area contributed by atoms with Gasteiger partial charge in [0.25, 0.3) is 11.6 Å². The average molecular weight is 895 g/mol. The highest BCUT2D eigenvalue weighted by Gasteiger charge is 2.23. The zero-order valence-corrected chi connectivity index (χ0v) is 38.8. The Labute approximate surface area is 381 Å². The predicted molar refractivity (Wildman–Crippen MR) is 255 cm³/mol. The van der Waals surface area contributed by atoms with E-state index in [1.54, 1.807) is 38.1 Å². The third-order valence-electron chi connectivity index (χ3n) is 11.4. The first-order valence-electron chi connectivity index (χ1n) is 22.5. The van der Waals surface area contributed by atoms with Gasteiger partial charge < -0.3 is 23.3 Å². The minimum absolute atomic E-state index is 0.0721. The Bertz CT molecular complexity index is 2410. The van der Waals surface area contributed by atoms with E-state index in [1.807, 2.05) is 12.1 Å². The molecule has 0 saturated heterocycles. The molecule has 64 heavy (non-hydrogen) atoms. The molecule has 2 unspecified atom stereocenters. The van der Waals surface area contributed by atoms with E-state index in [-0.39, 0.29) is 30.9 Å². The Balaban J connectivity index is 0.000000259. The maximum atomic E-state index is 12.6. The lowest BCUT2D eigenvalue weighted by Crippen LogP contribution is -2.17. The lowest BCUT2D eigenvalue weighted by Gasteiger charge is -2.17. The first-order chi connectivity index (χ1) is 30.9. The molecule has 12 heteroatoms. The summed E-state index contributed by atoms with van der Waals surface area (Å²) in [4.78, 5) is 69.1. The van der Waals surface area contributed by atoms with Crippen molar-refractivity contribution < 1.29 is 43.0 Å². The number of benzene rings is 4. The van der Waals surface area contributed by atoms with Crippen LogP contribution in [0.25, 0.3) is 43.6 Å². The summed E-state index contributed by atoms with van der Waals surface area (Å²) >= 11 is 4.67. The molecule has 0 bridgehead atoms. The highest BCUT2D eigenvalue weighted by Crippen LogP contribution is 2.34. The van der Waals surface area contributed by atoms with Crippen LogP contribution in [0, 0.1) is 18.8 Å². The summed E-state index contributed by atoms with van der Waals surface area (Å²) in [5.74, 6) is -3.05. The zero-order valence-electron chi connectivity index (χ0n) is 38.1. The number of carbonyl (C=O) groups is 6. The summed E-state index contributed by atoms with van der Waals surface area (Å²) in [5.41, 5.74) is 5.00. The van der Waals surface area contributed by atoms with E-state index in [4.69, 9.17) is 9.47 Å². The van der Waals surface area contributed by atoms with E-state index in [1.165, 1.54) is 47.5 Å². The topological polar surface area (TPSA) is 140 Å². The summed E-state index contributed by atoms with van der Waals surface area (Å²) in [5, 5.41) is 3.13. The Hall–Kier alpha value is -5.94. The molecule has 0 aliphatic heterocycles. The van der Waals surface area contributed by atoms with Crippen molar-refractivity contribution in [3.8, 4) is 0 Å². The number of nitrogens with zero attached hydrogens (tertiary/aromatic N) is 2. The molecule has 340 valence electrons. The molecule has 0 spiro atoms. The molecule has 6 aromatic rings. The number of fused-ring (bicyclic) bond motifs is 6. The van der Waals surface area contributed by atoms with Crippen LogP contribution in [0.3, 0.4) is 0 Å². The number of hydrogen-bond donors (Lipinski definition) is 0. The first-order valence-corrected chi connectivity index (χ1v) is 22.9. The Morgan fingerprint density at radius 3 is 1.25 bits per heavy atom. The third kappa shape index (κ3) is 12.8. The van der Waals surface area contributed by atoms with Crippen molar-refractivity contribution in [1.82, 2.24) is 9.13 Å². The lowest BCUT2D eigenvalue weighted by molar-refractivity contribution is -0.149. The molecule has 0 radical (unpaired) electrons. The second-order valence-corrected chi connectivity index (χ2v) is 15.9. The van der Waals surface area contributed by atoms with E-state index in [9.17, 15) is 28.8 Å². The summed E-state index contributed by atoms with van der Waals surface area (Å²) in [7, 11) is 0. The van der Waals surface area contributed by atoms with Crippen LogP contribution in [0.2, 0.25) is 0 Å². The molecule has 0 aliphatic carbocycles. The number of rotatable bonds is 20. The molecular weight excluding hydrogens is 832 g/mol. The quantitative estimate of drug-likeness (QED) is 0.0183. The van der Waals surface area contributed by atoms with Crippen molar-refractivity contribution in [3.63, 3.8) is 0 Å². The van der Waals surface area contributed by atoms with Crippen LogP contribution in [0.1, 0.15) is 114 Å². The Morgan fingerprint density at radius 1 is 0.531 bits per heavy atom. The van der Waals surface area contributed by atoms with Crippen LogP contribution in [-0.4, -0.2) is 63.7 Å². The van der Waals surface area contributed by atoms with Crippen molar-refractivity contribution >= 4 is 89.9 Å². The van der Waals surface area contributed by atoms with E-state index in [2.05, 4.69) is 109 Å². The van der Waals surface area contributed by atoms with Gasteiger partial charge in [0.2, 0.25) is 6.61 Å². The summed E-state index contributed by atoms with van der Waals surface area (Å²) in [6.07, 6.45) is 9.65. The molecule has 6 rings (SSSR count). The van der Waals surface area contributed by atoms with Gasteiger partial charge in [-0.2, -0.15) is 0 Å². The van der Waals surface area contributed by atoms with Crippen molar-refractivity contribution in [2.24, 2.45) is 11.8 Å². The Morgan fingerprint density at radius 2 is 0.922 bits per heavy atom. The Kier molecular flexibility index (Phi) is 20.1. The third-order valence-corrected chi connectivity index (χ3v) is 11.5. The lowest BCUT2D eigenvalue weighted by atomic mass is 9.99. The van der Waals surface area contributed by atoms with Gasteiger partial charge in [0, 0.05) is 67.8 Å². The van der Waals surface area contributed by atoms with Gasteiger partial charge in [0.15, 0.2) is 0 Å². The fourth-order valence-corrected chi connectivity index (χ4v) is 7.97. The number of halogens is 1. The summed E-state index contributed by atoms with van der Waals surface area (Å²) in [6, 6.07) is 27.9. The van der Waals surface area contributed by atoms with Crippen LogP contribution < -0.4 is 0 Å². The number of unbranched alkanes of at least 4 members (excludes halogenated alkanes) is 2. The minimum atomic E-state index is -1.12. The number of para-hydroxylation sites is 2. The van der Waals surface area contributed by atoms with Gasteiger partial charge in [0.05, 0.1) is 13.2 Å². The van der Waals surface area contributed by atoms with Gasteiger partial charge in [-0.15, -0.1) is 0 Å². The van der Waals surface area contributed by atoms with Crippen molar-refractivity contribution in [2.45, 2.75) is 106 Å². The van der Waals surface area contributed by atoms with Crippen molar-refractivity contribution in [3.05, 3.63) is 103 Å². The molecular formula is C52H62ClN2O9+. The van der Waals surface area contributed by atoms with Crippen molar-refractivity contribution in [2.75, 3.05) is 19.8 Å². The molecule has 0 aliphatic rings. The number of esters is 3. The molecule has 4 aromatic carbocycles. The number of hydrogen-bond acceptors (Lipinski definition) is 9. The molecule has 2 aromatic heterocycles. The van der Waals surface area contributed by atoms with Crippen LogP contribution >= 0.6 is 11.6 Å². The van der Waals surface area contributed by atoms with Gasteiger partial charge in [-0.1, -0.05) is 103 Å². The highest BCUT2D eigenvalue weighted by molar-refractivity contribution is 6.80. The van der Waals surface area contributed by atoms with Crippen LogP contribution in [0.4, 0.5) is 0 Å². The normalized spacial score (nSPS) is 11.9. The van der Waals surface area contributed by atoms with Crippen molar-refractivity contribution in [1.29, 1.82) is 0 Å². The summed E-state index contributed by atoms with van der Waals surface area (Å²) < 4.78 is 18.6. The number of carbonyl (C=O) groups excluding carboxylic acids is 6. The molecule has 2 atom stereocenters. The largest absolute Gasteiger partial charge is 0.460 e. The molecule has 0 N–H and O–H groups in total. The number of Topliss-reactive ketones (excluding diaryl/α,β-unsaturated/α-hetero) is 2. The molecule has 2 heterocycles. The molecule has 0 amide bonds. The predicted octanol–water partition coefficient (Wildman–Crippen LogP) is 11.6. The average Bonchev–Trinajstić information content (AvgIpc) is 3.79. The van der Waals surface area contributed by atoms with Crippen LogP contribution in [0.15, 0.2) is 84.9 Å². The maximum Gasteiger partial charge on any atom is 0.394 e. The van der Waals surface area contributed by atoms with E-state index in [0.717, 1.165) is 66.5 Å². The van der Waals surface area contributed by atoms with E-state index < -0.39 is 34.7 Å². The second kappa shape index (κ2) is 25.4. The second-order valence-electron chi connectivity index (χ2n) is 15.6. The van der Waals surface area contributed by atoms with Gasteiger partial charge in [-0.3, -0.25) is 14.4 Å². The van der Waals surface area contributed by atoms with Gasteiger partial charge in [0.1, 0.15) is 6.92 Å². The highest BCUT2D eigenvalue weighted by atomic mass is 35.5. The molecule has 11 nitrogen and oxygen atoms in total. The van der Waals surface area contributed by atoms with E-state index >= 15 is 0 Å². The molecule has 0 saturated carbocycles. The van der Waals surface area contributed by atoms with E-state index in [0.29, 0.717) is 5.92 Å². The number of aromatic nitrogens is 2. The SMILES string of the molecule is CCCCC(CC)Cn1c2ccc(C(=O)C(=O)OCC)cc2c2cc(C(=O)C(=O)OCC)ccc21.CCCCC(CC)Cn1c2ccccc2c2ccccc21.[CH2+]COC(=O)C(=O)Cl. The van der Waals surface area contributed by atoms with Gasteiger partial charge >= 0.3 is 23.2 Å². The first kappa shape index (κ1) is 50.7. The number of ketones is 2. The maximum absolute atomic E-state index is 12.6. The standard InChI is InChI=1S/C28H33NO6.C20H25N.C4H4ClO3/c1-5-9-10-18(6-2)17-29-23-13-11-19(25(30)27(32)34-7-3)15-21(23)22-16-20(12-14-24(22)29)26(31)28(33)35-8-4;1-3-5-10-16(4-2)15-21-19-13-8-6-11-17(19)18-12-7-9-14-20(18)21;1-2-8-4(7)3(5)6/h11-16,18H,5-10,17H2,1-4H3;6-9,11-14,16H,3-5,10,15H2,1-2H3;1-2H2/q;;+1. The number of ether oxygens (including phenoxy) is 3. The smallest absolute Gasteiger partial charge is 0.394 e. The zero-order chi connectivity index (χ0) is 46.8. The van der Waals surface area contributed by atoms with Crippen LogP contribution in [0.5, 0.6) is 0 Å². The van der Waals surface area contributed by atoms with Gasteiger partial charge in [-0.25, -0.2) is 14.4 Å². The summed E-state index contributed by atoms with van der Waals surface area (Å²) in [6.45, 7) is 17.5. The van der Waals surface area contributed by atoms with Gasteiger partial charge in [-0.05, 0) is 98.7 Å². The molecule has 0 fully saturated rings. The minimum Gasteiger partial charge on any atom is -0.460 e. The fourth-order valence-electron chi connectivity index (χ4n) is 7.91. The fraction of sp³-hybridized carbons (Fsp3) is 0.404. The van der Waals surface area contributed by atoms with Crippen LogP contribution in [-0.2, 0) is 46.5 Å².